The number of nitrogens with one attached hydrogen (secondary N) is 1. The average Bonchev–Trinajstić information content (AvgIpc) is 3.50. The summed E-state index contributed by atoms with van der Waals surface area (Å²) < 4.78 is 46.8. The van der Waals surface area contributed by atoms with Gasteiger partial charge in [-0.15, -0.1) is 4.80 Å². The number of ether oxygens (including phenoxy) is 1. The maximum atomic E-state index is 14.0. The zero-order chi connectivity index (χ0) is 26.0. The molecule has 4 aromatic rings. The molecule has 0 saturated carbocycles. The van der Waals surface area contributed by atoms with E-state index in [4.69, 9.17) is 17.3 Å². The van der Waals surface area contributed by atoms with Crippen LogP contribution in [0.2, 0.25) is 5.02 Å². The van der Waals surface area contributed by atoms with Gasteiger partial charge in [0.15, 0.2) is 17.3 Å². The minimum absolute atomic E-state index is 0.0482. The van der Waals surface area contributed by atoms with Crippen molar-refractivity contribution in [3.05, 3.63) is 64.8 Å². The number of nitriles is 1. The molecule has 0 bridgehead atoms. The van der Waals surface area contributed by atoms with E-state index in [2.05, 4.69) is 35.3 Å². The number of nitrogens with zero attached hydrogens (tertiary/aromatic N) is 8. The fraction of sp³-hybridized carbons (Fsp3) is 0.0526. The first kappa shape index (κ1) is 24.1. The molecular formula is C19H10ClF3N10O3. The Hall–Kier alpha value is -5.04. The highest BCUT2D eigenvalue weighted by molar-refractivity contribution is 6.31. The molecular weight excluding hydrogens is 509 g/mol. The van der Waals surface area contributed by atoms with Gasteiger partial charge in [-0.25, -0.2) is 14.5 Å². The first-order valence-electron chi connectivity index (χ1n) is 9.46. The zero-order valence-corrected chi connectivity index (χ0v) is 18.2. The van der Waals surface area contributed by atoms with E-state index in [1.807, 2.05) is 6.07 Å². The topological polar surface area (TPSA) is 180 Å². The number of carbonyl (C=O) groups excluding carboxylic acids is 2. The lowest BCUT2D eigenvalue weighted by atomic mass is 10.2. The van der Waals surface area contributed by atoms with Crippen LogP contribution in [0.5, 0.6) is 5.88 Å². The van der Waals surface area contributed by atoms with E-state index in [0.29, 0.717) is 10.9 Å². The van der Waals surface area contributed by atoms with Crippen molar-refractivity contribution in [2.45, 2.75) is 6.18 Å². The van der Waals surface area contributed by atoms with Crippen LogP contribution in [0, 0.1) is 11.3 Å². The van der Waals surface area contributed by atoms with E-state index in [9.17, 15) is 28.0 Å². The minimum Gasteiger partial charge on any atom is -0.390 e. The molecule has 4 rings (SSSR count). The maximum Gasteiger partial charge on any atom is 0.434 e. The van der Waals surface area contributed by atoms with E-state index in [0.717, 1.165) is 23.1 Å². The lowest BCUT2D eigenvalue weighted by molar-refractivity contribution is -0.143. The minimum atomic E-state index is -5.07. The van der Waals surface area contributed by atoms with Gasteiger partial charge in [-0.2, -0.15) is 38.7 Å². The van der Waals surface area contributed by atoms with Gasteiger partial charge in [0.2, 0.25) is 5.88 Å². The highest BCUT2D eigenvalue weighted by Gasteiger charge is 2.41. The first-order chi connectivity index (χ1) is 17.1. The van der Waals surface area contributed by atoms with Gasteiger partial charge in [-0.1, -0.05) is 11.6 Å². The summed E-state index contributed by atoms with van der Waals surface area (Å²) in [5.74, 6) is -2.18. The molecule has 0 atom stereocenters. The predicted molar refractivity (Wildman–Crippen MR) is 113 cm³/mol. The van der Waals surface area contributed by atoms with Crippen LogP contribution < -0.4 is 15.8 Å². The molecule has 0 unspecified atom stereocenters. The number of alkyl halides is 3. The van der Waals surface area contributed by atoms with Crippen LogP contribution in [-0.4, -0.2) is 46.7 Å². The number of halogens is 4. The standard InChI is InChI=1S/C19H10ClF3N10O3/c20-12-1-2-13(31-17(12)36-18(25)35)32-14(19(21,22)23)11(8-29-32)16(34)30-10-5-9(6-24)15(26-7-10)33-27-3-4-28-33/h1-5,7-8H,(H2,25,35)(H,30,34). The first-order valence-corrected chi connectivity index (χ1v) is 9.84. The number of rotatable bonds is 5. The van der Waals surface area contributed by atoms with E-state index in [1.165, 1.54) is 18.5 Å². The number of carbonyl (C=O) groups is 2. The molecule has 0 fully saturated rings. The molecule has 0 saturated heterocycles. The third-order valence-electron chi connectivity index (χ3n) is 4.35. The highest BCUT2D eigenvalue weighted by atomic mass is 35.5. The van der Waals surface area contributed by atoms with Gasteiger partial charge in [-0.05, 0) is 18.2 Å². The van der Waals surface area contributed by atoms with E-state index >= 15 is 0 Å². The van der Waals surface area contributed by atoms with Crippen LogP contribution in [0.1, 0.15) is 21.6 Å². The Balaban J connectivity index is 1.70. The molecule has 2 amide bonds. The molecule has 0 spiro atoms. The Kier molecular flexibility index (Phi) is 6.23. The Morgan fingerprint density at radius 3 is 2.53 bits per heavy atom. The van der Waals surface area contributed by atoms with Crippen LogP contribution in [0.4, 0.5) is 23.7 Å². The number of anilines is 1. The summed E-state index contributed by atoms with van der Waals surface area (Å²) in [6, 6.07) is 5.20. The predicted octanol–water partition coefficient (Wildman–Crippen LogP) is 2.50. The van der Waals surface area contributed by atoms with Crippen molar-refractivity contribution in [1.82, 2.24) is 34.7 Å². The van der Waals surface area contributed by atoms with Gasteiger partial charge >= 0.3 is 12.3 Å². The third kappa shape index (κ3) is 4.76. The molecule has 36 heavy (non-hydrogen) atoms. The van der Waals surface area contributed by atoms with Gasteiger partial charge < -0.3 is 15.8 Å². The van der Waals surface area contributed by atoms with E-state index < -0.39 is 41.1 Å². The number of pyridine rings is 2. The molecule has 3 N–H and O–H groups in total. The SMILES string of the molecule is N#Cc1cc(NC(=O)c2cnn(-c3ccc(Cl)c(OC(N)=O)n3)c2C(F)(F)F)cnc1-n1nccn1. The third-order valence-corrected chi connectivity index (χ3v) is 4.64. The van der Waals surface area contributed by atoms with Gasteiger partial charge in [0, 0.05) is 0 Å². The second-order valence-electron chi connectivity index (χ2n) is 6.67. The normalized spacial score (nSPS) is 11.1. The number of aromatic nitrogens is 7. The Labute approximate surface area is 202 Å². The Bertz CT molecular complexity index is 1510. The number of primary amides is 1. The van der Waals surface area contributed by atoms with Crippen LogP contribution in [0.15, 0.2) is 43.0 Å². The highest BCUT2D eigenvalue weighted by Crippen LogP contribution is 2.34. The molecule has 17 heteroatoms. The van der Waals surface area contributed by atoms with Crippen molar-refractivity contribution in [3.8, 4) is 23.6 Å². The summed E-state index contributed by atoms with van der Waals surface area (Å²) in [7, 11) is 0. The van der Waals surface area contributed by atoms with Crippen molar-refractivity contribution in [2.24, 2.45) is 5.73 Å². The Morgan fingerprint density at radius 2 is 1.89 bits per heavy atom. The summed E-state index contributed by atoms with van der Waals surface area (Å²) in [6.07, 6.45) is -1.87. The molecule has 4 heterocycles. The smallest absolute Gasteiger partial charge is 0.390 e. The second kappa shape index (κ2) is 9.31. The number of hydrogen-bond acceptors (Lipinski definition) is 9. The fourth-order valence-corrected chi connectivity index (χ4v) is 3.09. The van der Waals surface area contributed by atoms with Crippen LogP contribution >= 0.6 is 11.6 Å². The van der Waals surface area contributed by atoms with Crippen molar-refractivity contribution in [2.75, 3.05) is 5.32 Å². The lowest BCUT2D eigenvalue weighted by Gasteiger charge is -2.13. The summed E-state index contributed by atoms with van der Waals surface area (Å²) in [4.78, 5) is 32.6. The fourth-order valence-electron chi connectivity index (χ4n) is 2.95. The van der Waals surface area contributed by atoms with Crippen molar-refractivity contribution in [1.29, 1.82) is 5.26 Å². The zero-order valence-electron chi connectivity index (χ0n) is 17.4. The molecule has 0 aromatic carbocycles. The van der Waals surface area contributed by atoms with Crippen molar-refractivity contribution >= 4 is 29.3 Å². The van der Waals surface area contributed by atoms with Crippen molar-refractivity contribution < 1.29 is 27.5 Å². The maximum absolute atomic E-state index is 14.0. The van der Waals surface area contributed by atoms with E-state index in [1.54, 1.807) is 0 Å². The molecule has 0 aliphatic carbocycles. The molecule has 182 valence electrons. The van der Waals surface area contributed by atoms with E-state index in [-0.39, 0.29) is 22.1 Å². The average molecular weight is 519 g/mol. The van der Waals surface area contributed by atoms with Gasteiger partial charge in [0.25, 0.3) is 5.91 Å². The quantitative estimate of drug-likeness (QED) is 0.401. The summed E-state index contributed by atoms with van der Waals surface area (Å²) in [5.41, 5.74) is 2.43. The number of nitrogens with two attached hydrogens (primary N) is 1. The summed E-state index contributed by atoms with van der Waals surface area (Å²) in [6.45, 7) is 0. The largest absolute Gasteiger partial charge is 0.434 e. The molecule has 0 aliphatic heterocycles. The Morgan fingerprint density at radius 1 is 1.17 bits per heavy atom. The van der Waals surface area contributed by atoms with Gasteiger partial charge in [0.05, 0.1) is 36.0 Å². The van der Waals surface area contributed by atoms with Crippen molar-refractivity contribution in [3.63, 3.8) is 0 Å². The summed E-state index contributed by atoms with van der Waals surface area (Å²) >= 11 is 5.82. The van der Waals surface area contributed by atoms with Crippen LogP contribution in [-0.2, 0) is 6.18 Å². The molecule has 4 aromatic heterocycles. The number of hydrogen-bond donors (Lipinski definition) is 2. The van der Waals surface area contributed by atoms with Gasteiger partial charge in [0.1, 0.15) is 16.7 Å². The summed E-state index contributed by atoms with van der Waals surface area (Å²) in [5, 5.41) is 22.7. The molecule has 0 aliphatic rings. The monoisotopic (exact) mass is 518 g/mol. The van der Waals surface area contributed by atoms with Crippen LogP contribution in [0.3, 0.4) is 0 Å². The molecule has 0 radical (unpaired) electrons. The van der Waals surface area contributed by atoms with Crippen LogP contribution in [0.25, 0.3) is 11.6 Å². The number of amides is 2. The van der Waals surface area contributed by atoms with Gasteiger partial charge in [-0.3, -0.25) is 4.79 Å². The lowest BCUT2D eigenvalue weighted by Crippen LogP contribution is -2.22. The second-order valence-corrected chi connectivity index (χ2v) is 7.08. The molecule has 13 nitrogen and oxygen atoms in total.